The molecule has 1 saturated carbocycles. The average Bonchev–Trinajstić information content (AvgIpc) is 3.35. The van der Waals surface area contributed by atoms with Gasteiger partial charge in [0.1, 0.15) is 5.41 Å². The number of carboxylic acid groups (broad SMARTS) is 1. The van der Waals surface area contributed by atoms with E-state index < -0.39 is 17.3 Å². The fraction of sp³-hybridized carbons (Fsp3) is 0.300. The summed E-state index contributed by atoms with van der Waals surface area (Å²) in [5.74, 6) is -1.45. The van der Waals surface area contributed by atoms with Gasteiger partial charge >= 0.3 is 5.97 Å². The predicted molar refractivity (Wildman–Crippen MR) is 95.6 cm³/mol. The summed E-state index contributed by atoms with van der Waals surface area (Å²) in [6.07, 6.45) is 1.91. The number of nitrogens with zero attached hydrogens (tertiary/aromatic N) is 1. The van der Waals surface area contributed by atoms with Crippen molar-refractivity contribution in [2.45, 2.75) is 25.8 Å². The van der Waals surface area contributed by atoms with Crippen molar-refractivity contribution >= 4 is 23.3 Å². The Kier molecular flexibility index (Phi) is 3.71. The highest BCUT2D eigenvalue weighted by atomic mass is 16.4. The van der Waals surface area contributed by atoms with Crippen molar-refractivity contribution < 1.29 is 14.7 Å². The molecule has 2 aromatic carbocycles. The highest BCUT2D eigenvalue weighted by Gasteiger charge is 2.57. The number of carbonyl (C=O) groups excluding carboxylic acids is 1. The molecule has 0 atom stereocenters. The van der Waals surface area contributed by atoms with Gasteiger partial charge in [-0.15, -0.1) is 0 Å². The van der Waals surface area contributed by atoms with Crippen molar-refractivity contribution in [3.63, 3.8) is 0 Å². The highest BCUT2D eigenvalue weighted by molar-refractivity contribution is 6.10. The molecule has 0 aromatic heterocycles. The molecule has 1 heterocycles. The van der Waals surface area contributed by atoms with Gasteiger partial charge in [-0.05, 0) is 48.6 Å². The van der Waals surface area contributed by atoms with Crippen molar-refractivity contribution in [1.82, 2.24) is 0 Å². The predicted octanol–water partition coefficient (Wildman–Crippen LogP) is 3.05. The number of carboxylic acids is 1. The van der Waals surface area contributed by atoms with E-state index in [1.807, 2.05) is 24.3 Å². The Labute approximate surface area is 146 Å². The summed E-state index contributed by atoms with van der Waals surface area (Å²) in [7, 11) is 0. The fourth-order valence-corrected chi connectivity index (χ4v) is 3.40. The second-order valence-corrected chi connectivity index (χ2v) is 6.84. The minimum Gasteiger partial charge on any atom is -0.480 e. The number of amides is 1. The molecule has 2 aliphatic rings. The maximum atomic E-state index is 12.1. The quantitative estimate of drug-likeness (QED) is 0.824. The summed E-state index contributed by atoms with van der Waals surface area (Å²) in [6.45, 7) is 1.84. The normalized spacial score (nSPS) is 17.0. The first-order chi connectivity index (χ1) is 12.1. The molecule has 5 heteroatoms. The first kappa shape index (κ1) is 15.7. The lowest BCUT2D eigenvalue weighted by Crippen LogP contribution is -2.31. The van der Waals surface area contributed by atoms with Crippen molar-refractivity contribution in [2.75, 3.05) is 16.8 Å². The van der Waals surface area contributed by atoms with Gasteiger partial charge in [0.2, 0.25) is 5.91 Å². The van der Waals surface area contributed by atoms with Crippen LogP contribution in [-0.2, 0) is 22.6 Å². The molecular formula is C20H20N2O3. The molecule has 1 fully saturated rings. The number of benzene rings is 2. The average molecular weight is 336 g/mol. The monoisotopic (exact) mass is 336 g/mol. The van der Waals surface area contributed by atoms with Gasteiger partial charge in [-0.2, -0.15) is 0 Å². The number of aliphatic carboxylic acids is 1. The Bertz CT molecular complexity index is 825. The van der Waals surface area contributed by atoms with E-state index in [0.717, 1.165) is 25.1 Å². The number of hydrogen-bond donors (Lipinski definition) is 2. The molecular weight excluding hydrogens is 316 g/mol. The molecule has 0 radical (unpaired) electrons. The maximum absolute atomic E-state index is 12.1. The molecule has 5 nitrogen and oxygen atoms in total. The Hall–Kier alpha value is -2.82. The molecule has 1 amide bonds. The van der Waals surface area contributed by atoms with Crippen LogP contribution in [-0.4, -0.2) is 23.5 Å². The van der Waals surface area contributed by atoms with Crippen molar-refractivity contribution in [1.29, 1.82) is 0 Å². The van der Waals surface area contributed by atoms with Gasteiger partial charge in [-0.3, -0.25) is 9.59 Å². The number of fused-ring (bicyclic) bond motifs is 1. The smallest absolute Gasteiger partial charge is 0.319 e. The van der Waals surface area contributed by atoms with Gasteiger partial charge in [0.05, 0.1) is 0 Å². The van der Waals surface area contributed by atoms with Crippen LogP contribution in [0.2, 0.25) is 0 Å². The number of hydrogen-bond acceptors (Lipinski definition) is 3. The van der Waals surface area contributed by atoms with Crippen molar-refractivity contribution in [3.8, 4) is 0 Å². The summed E-state index contributed by atoms with van der Waals surface area (Å²) in [5, 5.41) is 11.9. The van der Waals surface area contributed by atoms with Crippen LogP contribution >= 0.6 is 0 Å². The van der Waals surface area contributed by atoms with Crippen LogP contribution in [0.1, 0.15) is 24.0 Å². The summed E-state index contributed by atoms with van der Waals surface area (Å²) in [5.41, 5.74) is 3.27. The van der Waals surface area contributed by atoms with Gasteiger partial charge in [0.25, 0.3) is 0 Å². The van der Waals surface area contributed by atoms with E-state index in [-0.39, 0.29) is 0 Å². The second kappa shape index (κ2) is 5.92. The lowest BCUT2D eigenvalue weighted by Gasteiger charge is -2.19. The van der Waals surface area contributed by atoms with Crippen LogP contribution in [0.5, 0.6) is 0 Å². The maximum Gasteiger partial charge on any atom is 0.319 e. The minimum atomic E-state index is -1.21. The van der Waals surface area contributed by atoms with E-state index in [1.165, 1.54) is 11.3 Å². The molecule has 0 spiro atoms. The van der Waals surface area contributed by atoms with Gasteiger partial charge in [-0.25, -0.2) is 0 Å². The van der Waals surface area contributed by atoms with E-state index in [2.05, 4.69) is 34.5 Å². The Morgan fingerprint density at radius 2 is 1.80 bits per heavy atom. The van der Waals surface area contributed by atoms with E-state index in [4.69, 9.17) is 5.11 Å². The molecule has 0 saturated heterocycles. The molecule has 2 N–H and O–H groups in total. The zero-order valence-corrected chi connectivity index (χ0v) is 13.9. The molecule has 0 bridgehead atoms. The summed E-state index contributed by atoms with van der Waals surface area (Å²) in [4.78, 5) is 25.7. The van der Waals surface area contributed by atoms with Gasteiger partial charge < -0.3 is 15.3 Å². The Morgan fingerprint density at radius 3 is 2.48 bits per heavy atom. The van der Waals surface area contributed by atoms with Crippen LogP contribution in [0, 0.1) is 5.41 Å². The van der Waals surface area contributed by atoms with E-state index in [0.29, 0.717) is 18.5 Å². The Balaban J connectivity index is 1.41. The first-order valence-corrected chi connectivity index (χ1v) is 8.55. The van der Waals surface area contributed by atoms with Crippen LogP contribution in [0.4, 0.5) is 11.4 Å². The summed E-state index contributed by atoms with van der Waals surface area (Å²) >= 11 is 0. The number of rotatable bonds is 5. The summed E-state index contributed by atoms with van der Waals surface area (Å²) in [6, 6.07) is 16.1. The lowest BCUT2D eigenvalue weighted by molar-refractivity contribution is -0.147. The third kappa shape index (κ3) is 2.86. The highest BCUT2D eigenvalue weighted by Crippen LogP contribution is 2.46. The molecule has 1 aliphatic carbocycles. The van der Waals surface area contributed by atoms with Gasteiger partial charge in [0, 0.05) is 24.5 Å². The number of para-hydroxylation sites is 1. The fourth-order valence-electron chi connectivity index (χ4n) is 3.40. The topological polar surface area (TPSA) is 69.6 Å². The standard InChI is InChI=1S/C20H20N2O3/c23-18(20(10-11-20)19(24)25)21-16-7-5-14(6-8-16)13-22-12-9-15-3-1-2-4-17(15)22/h1-8H,9-13H2,(H,21,23)(H,24,25). The second-order valence-electron chi connectivity index (χ2n) is 6.84. The first-order valence-electron chi connectivity index (χ1n) is 8.55. The largest absolute Gasteiger partial charge is 0.480 e. The number of carbonyl (C=O) groups is 2. The van der Waals surface area contributed by atoms with Crippen LogP contribution in [0.3, 0.4) is 0 Å². The van der Waals surface area contributed by atoms with Crippen molar-refractivity contribution in [3.05, 3.63) is 59.7 Å². The molecule has 0 unspecified atom stereocenters. The third-order valence-electron chi connectivity index (χ3n) is 5.16. The van der Waals surface area contributed by atoms with E-state index >= 15 is 0 Å². The van der Waals surface area contributed by atoms with Crippen LogP contribution in [0.25, 0.3) is 0 Å². The zero-order chi connectivity index (χ0) is 17.4. The number of anilines is 2. The van der Waals surface area contributed by atoms with E-state index in [1.54, 1.807) is 0 Å². The summed E-state index contributed by atoms with van der Waals surface area (Å²) < 4.78 is 0. The molecule has 25 heavy (non-hydrogen) atoms. The molecule has 1 aliphatic heterocycles. The van der Waals surface area contributed by atoms with Crippen molar-refractivity contribution in [2.24, 2.45) is 5.41 Å². The zero-order valence-electron chi connectivity index (χ0n) is 13.9. The minimum absolute atomic E-state index is 0.416. The SMILES string of the molecule is O=C(O)C1(C(=O)Nc2ccc(CN3CCc4ccccc43)cc2)CC1. The molecule has 4 rings (SSSR count). The van der Waals surface area contributed by atoms with Gasteiger partial charge in [0.15, 0.2) is 0 Å². The lowest BCUT2D eigenvalue weighted by atomic mass is 10.1. The molecule has 2 aromatic rings. The third-order valence-corrected chi connectivity index (χ3v) is 5.16. The Morgan fingerprint density at radius 1 is 1.08 bits per heavy atom. The van der Waals surface area contributed by atoms with Gasteiger partial charge in [-0.1, -0.05) is 30.3 Å². The molecule has 128 valence electrons. The number of nitrogens with one attached hydrogen (secondary N) is 1. The van der Waals surface area contributed by atoms with E-state index in [9.17, 15) is 9.59 Å². The van der Waals surface area contributed by atoms with Crippen LogP contribution in [0.15, 0.2) is 48.5 Å². The van der Waals surface area contributed by atoms with Crippen LogP contribution < -0.4 is 10.2 Å².